The lowest BCUT2D eigenvalue weighted by Crippen LogP contribution is -2.52. The molecular weight excluding hydrogens is 208 g/mol. The van der Waals surface area contributed by atoms with Crippen molar-refractivity contribution < 1.29 is 19.4 Å². The molecule has 2 rings (SSSR count). The topological polar surface area (TPSA) is 63.6 Å². The van der Waals surface area contributed by atoms with Crippen LogP contribution < -0.4 is 4.74 Å². The molecule has 16 heavy (non-hydrogen) atoms. The van der Waals surface area contributed by atoms with E-state index in [0.29, 0.717) is 11.3 Å². The first kappa shape index (κ1) is 10.7. The second-order valence-corrected chi connectivity index (χ2v) is 4.10. The van der Waals surface area contributed by atoms with Gasteiger partial charge in [0.1, 0.15) is 5.75 Å². The first-order chi connectivity index (χ1) is 7.47. The van der Waals surface area contributed by atoms with Gasteiger partial charge in [0.05, 0.1) is 11.5 Å². The monoisotopic (exact) mass is 220 g/mol. The average molecular weight is 220 g/mol. The molecule has 0 aliphatic carbocycles. The molecule has 0 aromatic heterocycles. The van der Waals surface area contributed by atoms with Gasteiger partial charge in [-0.1, -0.05) is 19.1 Å². The van der Waals surface area contributed by atoms with E-state index in [1.54, 1.807) is 31.2 Å². The highest BCUT2D eigenvalue weighted by Gasteiger charge is 2.49. The summed E-state index contributed by atoms with van der Waals surface area (Å²) in [5.74, 6) is -1.66. The molecular formula is C12H12O4. The Labute approximate surface area is 92.8 Å². The molecule has 1 aromatic rings. The molecule has 84 valence electrons. The van der Waals surface area contributed by atoms with Crippen LogP contribution in [0.1, 0.15) is 24.2 Å². The second kappa shape index (κ2) is 3.33. The summed E-state index contributed by atoms with van der Waals surface area (Å²) < 4.78 is 5.44. The third kappa shape index (κ3) is 1.30. The second-order valence-electron chi connectivity index (χ2n) is 4.10. The molecule has 0 spiro atoms. The van der Waals surface area contributed by atoms with Crippen molar-refractivity contribution in [2.45, 2.75) is 19.4 Å². The van der Waals surface area contributed by atoms with Crippen molar-refractivity contribution in [3.8, 4) is 5.75 Å². The lowest BCUT2D eigenvalue weighted by Gasteiger charge is -2.36. The number of carbonyl (C=O) groups excluding carboxylic acids is 1. The van der Waals surface area contributed by atoms with Gasteiger partial charge in [-0.25, -0.2) is 4.79 Å². The molecule has 0 saturated heterocycles. The summed E-state index contributed by atoms with van der Waals surface area (Å²) in [6.45, 7) is 3.00. The molecule has 4 heteroatoms. The summed E-state index contributed by atoms with van der Waals surface area (Å²) in [5, 5.41) is 9.13. The molecule has 0 amide bonds. The molecule has 0 fully saturated rings. The van der Waals surface area contributed by atoms with Crippen LogP contribution in [0.5, 0.6) is 5.75 Å². The van der Waals surface area contributed by atoms with Gasteiger partial charge < -0.3 is 9.84 Å². The van der Waals surface area contributed by atoms with E-state index in [2.05, 4.69) is 0 Å². The van der Waals surface area contributed by atoms with Gasteiger partial charge in [0.25, 0.3) is 0 Å². The van der Waals surface area contributed by atoms with Crippen molar-refractivity contribution >= 4 is 11.8 Å². The fourth-order valence-electron chi connectivity index (χ4n) is 1.79. The summed E-state index contributed by atoms with van der Waals surface area (Å²) >= 11 is 0. The van der Waals surface area contributed by atoms with Crippen LogP contribution in [0.15, 0.2) is 24.3 Å². The number of ether oxygens (including phenoxy) is 1. The smallest absolute Gasteiger partial charge is 0.348 e. The van der Waals surface area contributed by atoms with Gasteiger partial charge in [0.2, 0.25) is 5.60 Å². The van der Waals surface area contributed by atoms with Gasteiger partial charge in [-0.05, 0) is 19.1 Å². The normalized spacial score (nSPS) is 28.1. The Hall–Kier alpha value is -1.84. The zero-order valence-corrected chi connectivity index (χ0v) is 9.06. The Morgan fingerprint density at radius 2 is 2.06 bits per heavy atom. The molecule has 0 radical (unpaired) electrons. The lowest BCUT2D eigenvalue weighted by atomic mass is 9.81. The van der Waals surface area contributed by atoms with Crippen molar-refractivity contribution in [3.63, 3.8) is 0 Å². The number of ketones is 1. The molecule has 1 aliphatic rings. The van der Waals surface area contributed by atoms with Crippen LogP contribution in [0, 0.1) is 5.92 Å². The van der Waals surface area contributed by atoms with Crippen molar-refractivity contribution in [1.82, 2.24) is 0 Å². The first-order valence-electron chi connectivity index (χ1n) is 5.02. The Kier molecular flexibility index (Phi) is 2.22. The summed E-state index contributed by atoms with van der Waals surface area (Å²) in [6, 6.07) is 6.70. The number of carboxylic acid groups (broad SMARTS) is 1. The summed E-state index contributed by atoms with van der Waals surface area (Å²) in [4.78, 5) is 23.2. The quantitative estimate of drug-likeness (QED) is 0.783. The number of hydrogen-bond acceptors (Lipinski definition) is 3. The molecule has 1 heterocycles. The molecule has 0 saturated carbocycles. The van der Waals surface area contributed by atoms with E-state index in [4.69, 9.17) is 9.84 Å². The number of carboxylic acids is 1. The SMILES string of the molecule is CC1C(=O)c2ccccc2OC1(C)C(=O)O. The third-order valence-electron chi connectivity index (χ3n) is 3.12. The van der Waals surface area contributed by atoms with Crippen LogP contribution in [0.4, 0.5) is 0 Å². The summed E-state index contributed by atoms with van der Waals surface area (Å²) in [6.07, 6.45) is 0. The van der Waals surface area contributed by atoms with E-state index >= 15 is 0 Å². The first-order valence-corrected chi connectivity index (χ1v) is 5.02. The number of para-hydroxylation sites is 1. The molecule has 4 nitrogen and oxygen atoms in total. The zero-order chi connectivity index (χ0) is 11.9. The number of benzene rings is 1. The summed E-state index contributed by atoms with van der Waals surface area (Å²) in [5.41, 5.74) is -1.03. The van der Waals surface area contributed by atoms with Crippen LogP contribution >= 0.6 is 0 Å². The van der Waals surface area contributed by atoms with Crippen molar-refractivity contribution in [2.75, 3.05) is 0 Å². The minimum atomic E-state index is -1.48. The van der Waals surface area contributed by atoms with E-state index in [0.717, 1.165) is 0 Å². The maximum atomic E-state index is 12.0. The predicted octanol–water partition coefficient (Wildman–Crippen LogP) is 1.74. The fourth-order valence-corrected chi connectivity index (χ4v) is 1.79. The van der Waals surface area contributed by atoms with Crippen LogP contribution in [0.3, 0.4) is 0 Å². The standard InChI is InChI=1S/C12H12O4/c1-7-10(13)8-5-3-4-6-9(8)16-12(7,2)11(14)15/h3-7H,1-2H3,(H,14,15). The van der Waals surface area contributed by atoms with Crippen molar-refractivity contribution in [1.29, 1.82) is 0 Å². The van der Waals surface area contributed by atoms with Crippen LogP contribution in [-0.2, 0) is 4.79 Å². The molecule has 0 bridgehead atoms. The highest BCUT2D eigenvalue weighted by Crippen LogP contribution is 2.36. The van der Waals surface area contributed by atoms with E-state index in [9.17, 15) is 9.59 Å². The average Bonchev–Trinajstić information content (AvgIpc) is 2.26. The van der Waals surface area contributed by atoms with Crippen molar-refractivity contribution in [3.05, 3.63) is 29.8 Å². The van der Waals surface area contributed by atoms with Gasteiger partial charge >= 0.3 is 5.97 Å². The van der Waals surface area contributed by atoms with E-state index in [1.165, 1.54) is 6.92 Å². The van der Waals surface area contributed by atoms with Crippen LogP contribution in [0.25, 0.3) is 0 Å². The minimum Gasteiger partial charge on any atom is -0.478 e. The number of carbonyl (C=O) groups is 2. The van der Waals surface area contributed by atoms with Crippen LogP contribution in [-0.4, -0.2) is 22.5 Å². The van der Waals surface area contributed by atoms with Gasteiger partial charge in [-0.2, -0.15) is 0 Å². The summed E-state index contributed by atoms with van der Waals surface area (Å²) in [7, 11) is 0. The maximum Gasteiger partial charge on any atom is 0.348 e. The highest BCUT2D eigenvalue weighted by molar-refractivity contribution is 6.05. The molecule has 2 atom stereocenters. The molecule has 1 N–H and O–H groups in total. The predicted molar refractivity (Wildman–Crippen MR) is 56.6 cm³/mol. The highest BCUT2D eigenvalue weighted by atomic mass is 16.5. The maximum absolute atomic E-state index is 12.0. The lowest BCUT2D eigenvalue weighted by molar-refractivity contribution is -0.157. The van der Waals surface area contributed by atoms with Gasteiger partial charge in [0.15, 0.2) is 5.78 Å². The number of aliphatic carboxylic acids is 1. The largest absolute Gasteiger partial charge is 0.478 e. The van der Waals surface area contributed by atoms with Crippen molar-refractivity contribution in [2.24, 2.45) is 5.92 Å². The molecule has 1 aromatic carbocycles. The third-order valence-corrected chi connectivity index (χ3v) is 3.12. The Bertz CT molecular complexity index is 466. The molecule has 2 unspecified atom stereocenters. The minimum absolute atomic E-state index is 0.188. The van der Waals surface area contributed by atoms with E-state index in [-0.39, 0.29) is 5.78 Å². The Morgan fingerprint density at radius 1 is 1.44 bits per heavy atom. The van der Waals surface area contributed by atoms with Gasteiger partial charge in [0, 0.05) is 0 Å². The van der Waals surface area contributed by atoms with Gasteiger partial charge in [-0.15, -0.1) is 0 Å². The number of fused-ring (bicyclic) bond motifs is 1. The number of Topliss-reactive ketones (excluding diaryl/α,β-unsaturated/α-hetero) is 1. The number of hydrogen-bond donors (Lipinski definition) is 1. The van der Waals surface area contributed by atoms with Gasteiger partial charge in [-0.3, -0.25) is 4.79 Å². The van der Waals surface area contributed by atoms with E-state index < -0.39 is 17.5 Å². The fraction of sp³-hybridized carbons (Fsp3) is 0.333. The zero-order valence-electron chi connectivity index (χ0n) is 9.06. The Balaban J connectivity index is 2.55. The Morgan fingerprint density at radius 3 is 2.69 bits per heavy atom. The molecule has 1 aliphatic heterocycles. The number of rotatable bonds is 1. The van der Waals surface area contributed by atoms with Crippen LogP contribution in [0.2, 0.25) is 0 Å². The van der Waals surface area contributed by atoms with E-state index in [1.807, 2.05) is 0 Å².